The number of likely N-dealkylation sites (tertiary alicyclic amines) is 1. The van der Waals surface area contributed by atoms with Gasteiger partial charge in [0.05, 0.1) is 13.2 Å². The number of nitrogens with zero attached hydrogens (tertiary/aromatic N) is 1. The SMILES string of the molecule is CCOC(=O)OC1CN(CCCOCCc2ccc3sccc3c2)C1. The predicted octanol–water partition coefficient (Wildman–Crippen LogP) is 3.71. The molecule has 1 aromatic carbocycles. The Bertz CT molecular complexity index is 681. The van der Waals surface area contributed by atoms with E-state index in [0.29, 0.717) is 6.61 Å². The summed E-state index contributed by atoms with van der Waals surface area (Å²) in [5.74, 6) is 0. The van der Waals surface area contributed by atoms with Crippen molar-refractivity contribution in [1.29, 1.82) is 0 Å². The molecule has 0 spiro atoms. The van der Waals surface area contributed by atoms with Crippen molar-refractivity contribution in [2.24, 2.45) is 0 Å². The number of benzene rings is 1. The lowest BCUT2D eigenvalue weighted by atomic mass is 10.1. The van der Waals surface area contributed by atoms with E-state index in [9.17, 15) is 4.79 Å². The van der Waals surface area contributed by atoms with E-state index in [2.05, 4.69) is 34.5 Å². The summed E-state index contributed by atoms with van der Waals surface area (Å²) in [5.41, 5.74) is 1.33. The van der Waals surface area contributed by atoms with E-state index in [0.717, 1.165) is 45.7 Å². The van der Waals surface area contributed by atoms with E-state index >= 15 is 0 Å². The molecule has 0 unspecified atom stereocenters. The number of fused-ring (bicyclic) bond motifs is 1. The van der Waals surface area contributed by atoms with E-state index in [1.54, 1.807) is 18.3 Å². The van der Waals surface area contributed by atoms with Crippen LogP contribution >= 0.6 is 11.3 Å². The first-order chi connectivity index (χ1) is 12.2. The second-order valence-electron chi connectivity index (χ2n) is 6.19. The molecule has 2 heterocycles. The molecular weight excluding hydrogens is 338 g/mol. The van der Waals surface area contributed by atoms with Gasteiger partial charge in [-0.05, 0) is 48.2 Å². The summed E-state index contributed by atoms with van der Waals surface area (Å²) in [6, 6.07) is 8.79. The van der Waals surface area contributed by atoms with Gasteiger partial charge >= 0.3 is 6.16 Å². The maximum atomic E-state index is 11.2. The molecule has 2 aromatic rings. The molecule has 0 radical (unpaired) electrons. The Morgan fingerprint density at radius 1 is 1.28 bits per heavy atom. The number of rotatable bonds is 9. The molecule has 1 saturated heterocycles. The highest BCUT2D eigenvalue weighted by Crippen LogP contribution is 2.22. The topological polar surface area (TPSA) is 48.0 Å². The van der Waals surface area contributed by atoms with Gasteiger partial charge in [-0.25, -0.2) is 4.79 Å². The second-order valence-corrected chi connectivity index (χ2v) is 7.14. The van der Waals surface area contributed by atoms with Crippen molar-refractivity contribution in [2.75, 3.05) is 39.5 Å². The lowest BCUT2D eigenvalue weighted by Crippen LogP contribution is -2.53. The minimum absolute atomic E-state index is 0.0213. The van der Waals surface area contributed by atoms with Crippen LogP contribution in [0.15, 0.2) is 29.6 Å². The van der Waals surface area contributed by atoms with Crippen LogP contribution in [0, 0.1) is 0 Å². The van der Waals surface area contributed by atoms with Gasteiger partial charge in [0, 0.05) is 30.9 Å². The zero-order valence-corrected chi connectivity index (χ0v) is 15.4. The molecule has 0 N–H and O–H groups in total. The fraction of sp³-hybridized carbons (Fsp3) is 0.526. The van der Waals surface area contributed by atoms with Crippen LogP contribution in [-0.2, 0) is 20.6 Å². The van der Waals surface area contributed by atoms with Crippen molar-refractivity contribution >= 4 is 27.6 Å². The van der Waals surface area contributed by atoms with E-state index < -0.39 is 6.16 Å². The first-order valence-corrected chi connectivity index (χ1v) is 9.72. The lowest BCUT2D eigenvalue weighted by molar-refractivity contribution is -0.0455. The van der Waals surface area contributed by atoms with Gasteiger partial charge in [-0.2, -0.15) is 0 Å². The summed E-state index contributed by atoms with van der Waals surface area (Å²) in [5, 5.41) is 3.45. The van der Waals surface area contributed by atoms with Gasteiger partial charge in [-0.15, -0.1) is 11.3 Å². The molecule has 0 amide bonds. The van der Waals surface area contributed by atoms with Crippen molar-refractivity contribution in [1.82, 2.24) is 4.90 Å². The maximum Gasteiger partial charge on any atom is 0.508 e. The van der Waals surface area contributed by atoms with Gasteiger partial charge in [0.25, 0.3) is 0 Å². The Morgan fingerprint density at radius 2 is 2.16 bits per heavy atom. The van der Waals surface area contributed by atoms with Gasteiger partial charge in [-0.3, -0.25) is 4.90 Å². The Kier molecular flexibility index (Phi) is 6.67. The van der Waals surface area contributed by atoms with Crippen LogP contribution in [0.2, 0.25) is 0 Å². The maximum absolute atomic E-state index is 11.2. The third-order valence-electron chi connectivity index (χ3n) is 4.26. The van der Waals surface area contributed by atoms with Crippen LogP contribution in [-0.4, -0.2) is 56.6 Å². The standard InChI is InChI=1S/C19H25NO4S/c1-2-23-19(21)24-17-13-20(14-17)8-3-9-22-10-6-15-4-5-18-16(12-15)7-11-25-18/h4-5,7,11-12,17H,2-3,6,8-10,13-14H2,1H3. The monoisotopic (exact) mass is 363 g/mol. The molecule has 1 aliphatic rings. The Labute approximate surface area is 152 Å². The third-order valence-corrected chi connectivity index (χ3v) is 5.16. The molecule has 0 aliphatic carbocycles. The van der Waals surface area contributed by atoms with Crippen molar-refractivity contribution in [3.8, 4) is 0 Å². The average Bonchev–Trinajstić information content (AvgIpc) is 3.03. The van der Waals surface area contributed by atoms with Crippen LogP contribution in [0.4, 0.5) is 4.79 Å². The van der Waals surface area contributed by atoms with Gasteiger partial charge < -0.3 is 14.2 Å². The average molecular weight is 363 g/mol. The molecule has 0 bridgehead atoms. The molecule has 0 saturated carbocycles. The smallest absolute Gasteiger partial charge is 0.435 e. The van der Waals surface area contributed by atoms with Crippen LogP contribution in [0.3, 0.4) is 0 Å². The fourth-order valence-corrected chi connectivity index (χ4v) is 3.69. The first-order valence-electron chi connectivity index (χ1n) is 8.84. The minimum atomic E-state index is -0.559. The molecular formula is C19H25NO4S. The lowest BCUT2D eigenvalue weighted by Gasteiger charge is -2.37. The van der Waals surface area contributed by atoms with Crippen LogP contribution in [0.5, 0.6) is 0 Å². The molecule has 136 valence electrons. The first kappa shape index (κ1) is 18.2. The fourth-order valence-electron chi connectivity index (χ4n) is 2.92. The molecule has 1 fully saturated rings. The normalized spacial score (nSPS) is 15.2. The van der Waals surface area contributed by atoms with Gasteiger partial charge in [0.1, 0.15) is 6.10 Å². The molecule has 0 atom stereocenters. The van der Waals surface area contributed by atoms with E-state index in [-0.39, 0.29) is 6.10 Å². The quantitative estimate of drug-likeness (QED) is 0.502. The summed E-state index contributed by atoms with van der Waals surface area (Å²) >= 11 is 1.78. The number of carbonyl (C=O) groups excluding carboxylic acids is 1. The minimum Gasteiger partial charge on any atom is -0.435 e. The number of hydrogen-bond donors (Lipinski definition) is 0. The van der Waals surface area contributed by atoms with E-state index in [1.165, 1.54) is 15.6 Å². The second kappa shape index (κ2) is 9.17. The summed E-state index contributed by atoms with van der Waals surface area (Å²) in [7, 11) is 0. The van der Waals surface area contributed by atoms with Gasteiger partial charge in [0.2, 0.25) is 0 Å². The largest absolute Gasteiger partial charge is 0.508 e. The van der Waals surface area contributed by atoms with Crippen molar-refractivity contribution in [3.05, 3.63) is 35.2 Å². The van der Waals surface area contributed by atoms with Crippen LogP contribution in [0.25, 0.3) is 10.1 Å². The summed E-state index contributed by atoms with van der Waals surface area (Å²) < 4.78 is 17.0. The van der Waals surface area contributed by atoms with Gasteiger partial charge in [0.15, 0.2) is 0 Å². The van der Waals surface area contributed by atoms with Crippen LogP contribution in [0.1, 0.15) is 18.9 Å². The van der Waals surface area contributed by atoms with E-state index in [1.807, 2.05) is 0 Å². The van der Waals surface area contributed by atoms with Crippen LogP contribution < -0.4 is 0 Å². The molecule has 6 heteroatoms. The zero-order valence-electron chi connectivity index (χ0n) is 14.6. The van der Waals surface area contributed by atoms with Gasteiger partial charge in [-0.1, -0.05) is 12.1 Å². The van der Waals surface area contributed by atoms with Crippen molar-refractivity contribution in [3.63, 3.8) is 0 Å². The predicted molar refractivity (Wildman–Crippen MR) is 99.3 cm³/mol. The number of hydrogen-bond acceptors (Lipinski definition) is 6. The number of thiophene rings is 1. The van der Waals surface area contributed by atoms with Crippen molar-refractivity contribution < 1.29 is 19.0 Å². The highest BCUT2D eigenvalue weighted by atomic mass is 32.1. The Hall–Kier alpha value is -1.63. The molecule has 1 aliphatic heterocycles. The summed E-state index contributed by atoms with van der Waals surface area (Å²) in [6.07, 6.45) is 1.36. The summed E-state index contributed by atoms with van der Waals surface area (Å²) in [4.78, 5) is 13.4. The Balaban J connectivity index is 1.21. The molecule has 1 aromatic heterocycles. The molecule has 25 heavy (non-hydrogen) atoms. The third kappa shape index (κ3) is 5.42. The molecule has 3 rings (SSSR count). The Morgan fingerprint density at radius 3 is 3.00 bits per heavy atom. The highest BCUT2D eigenvalue weighted by molar-refractivity contribution is 7.17. The van der Waals surface area contributed by atoms with E-state index in [4.69, 9.17) is 14.2 Å². The number of carbonyl (C=O) groups is 1. The number of ether oxygens (including phenoxy) is 3. The molecule has 5 nitrogen and oxygen atoms in total. The zero-order chi connectivity index (χ0) is 17.5. The highest BCUT2D eigenvalue weighted by Gasteiger charge is 2.29. The summed E-state index contributed by atoms with van der Waals surface area (Å²) in [6.45, 7) is 6.20. The van der Waals surface area contributed by atoms with Crippen molar-refractivity contribution in [2.45, 2.75) is 25.9 Å².